The Bertz CT molecular complexity index is 387. The number of carbonyl (C=O) groups excluding carboxylic acids is 1. The normalized spacial score (nSPS) is 35.8. The predicted molar refractivity (Wildman–Crippen MR) is 92.3 cm³/mol. The van der Waals surface area contributed by atoms with Crippen molar-refractivity contribution in [2.45, 2.75) is 78.6 Å². The molecule has 2 rings (SSSR count). The van der Waals surface area contributed by atoms with Crippen molar-refractivity contribution < 1.29 is 14.3 Å². The number of ketones is 1. The lowest BCUT2D eigenvalue weighted by molar-refractivity contribution is -0.235. The first-order valence-electron chi connectivity index (χ1n) is 9.52. The first-order chi connectivity index (χ1) is 11.0. The molecular weight excluding hydrogens is 290 g/mol. The summed E-state index contributed by atoms with van der Waals surface area (Å²) in [6, 6.07) is 0. The number of nitrogens with one attached hydrogen (secondary N) is 1. The molecule has 2 fully saturated rings. The van der Waals surface area contributed by atoms with E-state index in [1.165, 1.54) is 6.42 Å². The van der Waals surface area contributed by atoms with Crippen LogP contribution in [-0.2, 0) is 14.3 Å². The van der Waals surface area contributed by atoms with Gasteiger partial charge >= 0.3 is 0 Å². The highest BCUT2D eigenvalue weighted by Gasteiger charge is 2.62. The molecule has 1 saturated carbocycles. The Morgan fingerprint density at radius 2 is 2.13 bits per heavy atom. The molecule has 0 bridgehead atoms. The lowest BCUT2D eigenvalue weighted by Crippen LogP contribution is -2.41. The molecular formula is C19H35NO3. The van der Waals surface area contributed by atoms with Crippen LogP contribution in [0.2, 0.25) is 0 Å². The summed E-state index contributed by atoms with van der Waals surface area (Å²) in [6.07, 6.45) is 6.21. The third-order valence-electron chi connectivity index (χ3n) is 5.70. The average Bonchev–Trinajstić information content (AvgIpc) is 3.23. The van der Waals surface area contributed by atoms with Crippen molar-refractivity contribution in [2.24, 2.45) is 17.3 Å². The highest BCUT2D eigenvalue weighted by molar-refractivity contribution is 5.80. The number of hydrogen-bond donors (Lipinski definition) is 1. The number of unbranched alkanes of at least 4 members (excludes halogenated alkanes) is 1. The van der Waals surface area contributed by atoms with Gasteiger partial charge in [0.25, 0.3) is 0 Å². The maximum Gasteiger partial charge on any atom is 0.160 e. The zero-order chi connectivity index (χ0) is 16.9. The van der Waals surface area contributed by atoms with E-state index < -0.39 is 0 Å². The SMILES string of the molecule is CCCNCC(=O)CCCCOC1OC(CC)C2(C)CC2C1C. The largest absolute Gasteiger partial charge is 0.352 e. The van der Waals surface area contributed by atoms with Crippen LogP contribution in [0, 0.1) is 17.3 Å². The Kier molecular flexibility index (Phi) is 7.05. The fraction of sp³-hybridized carbons (Fsp3) is 0.947. The topological polar surface area (TPSA) is 47.6 Å². The predicted octanol–water partition coefficient (Wildman–Crippen LogP) is 3.54. The third-order valence-corrected chi connectivity index (χ3v) is 5.70. The van der Waals surface area contributed by atoms with Gasteiger partial charge in [-0.25, -0.2) is 0 Å². The van der Waals surface area contributed by atoms with Gasteiger partial charge in [0.1, 0.15) is 5.78 Å². The van der Waals surface area contributed by atoms with Crippen LogP contribution in [0.4, 0.5) is 0 Å². The summed E-state index contributed by atoms with van der Waals surface area (Å²) in [5.74, 6) is 1.56. The monoisotopic (exact) mass is 325 g/mol. The van der Waals surface area contributed by atoms with E-state index >= 15 is 0 Å². The van der Waals surface area contributed by atoms with Gasteiger partial charge in [0, 0.05) is 18.9 Å². The van der Waals surface area contributed by atoms with Crippen molar-refractivity contribution >= 4 is 5.78 Å². The molecule has 1 heterocycles. The van der Waals surface area contributed by atoms with Gasteiger partial charge in [0.15, 0.2) is 6.29 Å². The molecule has 0 aromatic heterocycles. The molecule has 1 N–H and O–H groups in total. The van der Waals surface area contributed by atoms with Gasteiger partial charge < -0.3 is 14.8 Å². The van der Waals surface area contributed by atoms with Crippen LogP contribution in [-0.4, -0.2) is 37.9 Å². The maximum absolute atomic E-state index is 11.7. The summed E-state index contributed by atoms with van der Waals surface area (Å²) in [4.78, 5) is 11.7. The second-order valence-electron chi connectivity index (χ2n) is 7.62. The second kappa shape index (κ2) is 8.59. The van der Waals surface area contributed by atoms with Gasteiger partial charge in [0.2, 0.25) is 0 Å². The lowest BCUT2D eigenvalue weighted by atomic mass is 9.88. The third kappa shape index (κ3) is 4.77. The average molecular weight is 325 g/mol. The van der Waals surface area contributed by atoms with E-state index in [0.29, 0.717) is 42.8 Å². The summed E-state index contributed by atoms with van der Waals surface area (Å²) in [6.45, 7) is 11.1. The van der Waals surface area contributed by atoms with Crippen molar-refractivity contribution in [3.63, 3.8) is 0 Å². The van der Waals surface area contributed by atoms with Crippen molar-refractivity contribution in [1.82, 2.24) is 5.32 Å². The van der Waals surface area contributed by atoms with Gasteiger partial charge in [-0.3, -0.25) is 4.79 Å². The molecule has 0 amide bonds. The Balaban J connectivity index is 1.58. The molecule has 4 nitrogen and oxygen atoms in total. The van der Waals surface area contributed by atoms with Gasteiger partial charge in [-0.05, 0) is 50.0 Å². The number of fused-ring (bicyclic) bond motifs is 1. The summed E-state index contributed by atoms with van der Waals surface area (Å²) in [5, 5.41) is 3.16. The Hall–Kier alpha value is -0.450. The number of Topliss-reactive ketones (excluding diaryl/α,β-unsaturated/α-hetero) is 1. The molecule has 1 saturated heterocycles. The van der Waals surface area contributed by atoms with Crippen LogP contribution in [0.3, 0.4) is 0 Å². The van der Waals surface area contributed by atoms with Gasteiger partial charge in [-0.15, -0.1) is 0 Å². The van der Waals surface area contributed by atoms with Crippen LogP contribution >= 0.6 is 0 Å². The van der Waals surface area contributed by atoms with Crippen molar-refractivity contribution in [1.29, 1.82) is 0 Å². The summed E-state index contributed by atoms with van der Waals surface area (Å²) < 4.78 is 12.2. The molecule has 0 radical (unpaired) electrons. The highest BCUT2D eigenvalue weighted by Crippen LogP contribution is 2.63. The van der Waals surface area contributed by atoms with E-state index in [4.69, 9.17) is 9.47 Å². The van der Waals surface area contributed by atoms with Crippen LogP contribution in [0.1, 0.15) is 66.2 Å². The van der Waals surface area contributed by atoms with Crippen LogP contribution < -0.4 is 5.32 Å². The smallest absolute Gasteiger partial charge is 0.160 e. The van der Waals surface area contributed by atoms with Crippen molar-refractivity contribution in [3.8, 4) is 0 Å². The van der Waals surface area contributed by atoms with Gasteiger partial charge in [0.05, 0.1) is 12.6 Å². The van der Waals surface area contributed by atoms with E-state index in [1.54, 1.807) is 0 Å². The molecule has 4 heteroatoms. The zero-order valence-corrected chi connectivity index (χ0v) is 15.4. The molecule has 2 aliphatic rings. The van der Waals surface area contributed by atoms with Gasteiger partial charge in [-0.1, -0.05) is 27.7 Å². The molecule has 5 atom stereocenters. The van der Waals surface area contributed by atoms with Crippen LogP contribution in [0.15, 0.2) is 0 Å². The summed E-state index contributed by atoms with van der Waals surface area (Å²) in [7, 11) is 0. The minimum atomic E-state index is -0.0533. The lowest BCUT2D eigenvalue weighted by Gasteiger charge is -2.38. The maximum atomic E-state index is 11.7. The Morgan fingerprint density at radius 1 is 1.35 bits per heavy atom. The van der Waals surface area contributed by atoms with Crippen LogP contribution in [0.25, 0.3) is 0 Å². The second-order valence-corrected chi connectivity index (χ2v) is 7.62. The molecule has 0 aromatic rings. The molecule has 5 unspecified atom stereocenters. The van der Waals surface area contributed by atoms with E-state index in [0.717, 1.165) is 38.1 Å². The number of hydrogen-bond acceptors (Lipinski definition) is 4. The van der Waals surface area contributed by atoms with E-state index in [9.17, 15) is 4.79 Å². The molecule has 1 aliphatic carbocycles. The minimum Gasteiger partial charge on any atom is -0.352 e. The van der Waals surface area contributed by atoms with Crippen molar-refractivity contribution in [3.05, 3.63) is 0 Å². The van der Waals surface area contributed by atoms with E-state index in [2.05, 4.69) is 33.0 Å². The quantitative estimate of drug-likeness (QED) is 0.590. The standard InChI is InChI=1S/C19H35NO3/c1-5-10-20-13-15(21)9-7-8-11-22-18-14(3)16-12-19(16,4)17(6-2)23-18/h14,16-18,20H,5-13H2,1-4H3. The fourth-order valence-electron chi connectivity index (χ4n) is 4.07. The number of carbonyl (C=O) groups is 1. The molecule has 23 heavy (non-hydrogen) atoms. The van der Waals surface area contributed by atoms with Crippen molar-refractivity contribution in [2.75, 3.05) is 19.7 Å². The van der Waals surface area contributed by atoms with Crippen LogP contribution in [0.5, 0.6) is 0 Å². The Morgan fingerprint density at radius 3 is 2.83 bits per heavy atom. The molecule has 1 aliphatic heterocycles. The highest BCUT2D eigenvalue weighted by atomic mass is 16.7. The minimum absolute atomic E-state index is 0.0533. The Labute approximate surface area is 141 Å². The molecule has 134 valence electrons. The molecule has 0 aromatic carbocycles. The summed E-state index contributed by atoms with van der Waals surface area (Å²) >= 11 is 0. The van der Waals surface area contributed by atoms with E-state index in [1.807, 2.05) is 0 Å². The number of ether oxygens (including phenoxy) is 2. The first-order valence-corrected chi connectivity index (χ1v) is 9.52. The zero-order valence-electron chi connectivity index (χ0n) is 15.4. The van der Waals surface area contributed by atoms with Gasteiger partial charge in [-0.2, -0.15) is 0 Å². The van der Waals surface area contributed by atoms with E-state index in [-0.39, 0.29) is 6.29 Å². The fourth-order valence-corrected chi connectivity index (χ4v) is 4.07. The number of rotatable bonds is 11. The first kappa shape index (κ1) is 18.9. The molecule has 0 spiro atoms. The summed E-state index contributed by atoms with van der Waals surface area (Å²) in [5.41, 5.74) is 0.395.